The molecule has 2 aromatic rings. The monoisotopic (exact) mass is 497 g/mol. The van der Waals surface area contributed by atoms with E-state index in [0.29, 0.717) is 37.2 Å². The van der Waals surface area contributed by atoms with Crippen molar-refractivity contribution in [3.63, 3.8) is 0 Å². The smallest absolute Gasteiger partial charge is 0.255 e. The number of hydrogen-bond donors (Lipinski definition) is 1. The Hall–Kier alpha value is -2.71. The number of carbonyl (C=O) groups excluding carboxylic acids is 2. The Labute approximate surface area is 208 Å². The highest BCUT2D eigenvalue weighted by Crippen LogP contribution is 2.25. The molecule has 0 atom stereocenters. The summed E-state index contributed by atoms with van der Waals surface area (Å²) in [5, 5.41) is 2.96. The van der Waals surface area contributed by atoms with E-state index in [0.717, 1.165) is 49.9 Å². The first kappa shape index (κ1) is 25.4. The van der Waals surface area contributed by atoms with Crippen molar-refractivity contribution in [3.05, 3.63) is 65.2 Å². The lowest BCUT2D eigenvalue weighted by Crippen LogP contribution is -2.42. The first-order valence-electron chi connectivity index (χ1n) is 12.6. The van der Waals surface area contributed by atoms with Crippen molar-refractivity contribution in [2.24, 2.45) is 5.92 Å². The molecule has 35 heavy (non-hydrogen) atoms. The summed E-state index contributed by atoms with van der Waals surface area (Å²) in [4.78, 5) is 28.1. The Bertz CT molecular complexity index is 1130. The summed E-state index contributed by atoms with van der Waals surface area (Å²) in [7, 11) is -3.44. The van der Waals surface area contributed by atoms with Crippen LogP contribution in [-0.4, -0.2) is 55.6 Å². The first-order chi connectivity index (χ1) is 16.8. The van der Waals surface area contributed by atoms with Gasteiger partial charge in [0.25, 0.3) is 5.91 Å². The lowest BCUT2D eigenvalue weighted by Gasteiger charge is -2.31. The molecule has 8 heteroatoms. The van der Waals surface area contributed by atoms with Crippen molar-refractivity contribution in [1.29, 1.82) is 0 Å². The number of nitrogens with one attached hydrogen (secondary N) is 1. The van der Waals surface area contributed by atoms with Crippen LogP contribution in [0.3, 0.4) is 0 Å². The quantitative estimate of drug-likeness (QED) is 0.648. The van der Waals surface area contributed by atoms with E-state index in [2.05, 4.69) is 5.32 Å². The minimum Gasteiger partial charge on any atom is -0.339 e. The lowest BCUT2D eigenvalue weighted by molar-refractivity contribution is -0.120. The standard InChI is InChI=1S/C27H35N3O4S/c1-21-10-12-22(13-11-21)20-35(33,34)30-18-14-23(15-19-30)26(31)28-25-9-5-4-8-24(25)27(32)29-16-6-2-3-7-17-29/h4-5,8-13,23H,2-3,6-7,14-20H2,1H3,(H,28,31). The molecule has 2 aromatic carbocycles. The van der Waals surface area contributed by atoms with Crippen LogP contribution in [0.4, 0.5) is 5.69 Å². The number of anilines is 1. The average Bonchev–Trinajstić information content (AvgIpc) is 3.15. The molecule has 188 valence electrons. The Kier molecular flexibility index (Phi) is 8.23. The van der Waals surface area contributed by atoms with Gasteiger partial charge in [-0.05, 0) is 50.3 Å². The highest BCUT2D eigenvalue weighted by Gasteiger charge is 2.32. The highest BCUT2D eigenvalue weighted by atomic mass is 32.2. The number of sulfonamides is 1. The first-order valence-corrected chi connectivity index (χ1v) is 14.2. The van der Waals surface area contributed by atoms with Crippen LogP contribution in [0.1, 0.15) is 60.0 Å². The van der Waals surface area contributed by atoms with E-state index in [9.17, 15) is 18.0 Å². The van der Waals surface area contributed by atoms with Crippen molar-refractivity contribution >= 4 is 27.5 Å². The van der Waals surface area contributed by atoms with Crippen LogP contribution in [0, 0.1) is 12.8 Å². The average molecular weight is 498 g/mol. The second-order valence-electron chi connectivity index (χ2n) is 9.66. The molecule has 0 bridgehead atoms. The van der Waals surface area contributed by atoms with Gasteiger partial charge in [-0.3, -0.25) is 9.59 Å². The number of likely N-dealkylation sites (tertiary alicyclic amines) is 1. The molecule has 2 saturated heterocycles. The van der Waals surface area contributed by atoms with Gasteiger partial charge in [-0.25, -0.2) is 12.7 Å². The SMILES string of the molecule is Cc1ccc(CS(=O)(=O)N2CCC(C(=O)Nc3ccccc3C(=O)N3CCCCCC3)CC2)cc1. The summed E-state index contributed by atoms with van der Waals surface area (Å²) in [6.07, 6.45) is 5.21. The molecule has 0 aliphatic carbocycles. The predicted molar refractivity (Wildman–Crippen MR) is 138 cm³/mol. The molecular weight excluding hydrogens is 462 g/mol. The number of benzene rings is 2. The highest BCUT2D eigenvalue weighted by molar-refractivity contribution is 7.88. The molecule has 2 fully saturated rings. The summed E-state index contributed by atoms with van der Waals surface area (Å²) in [5.41, 5.74) is 2.90. The van der Waals surface area contributed by atoms with Crippen molar-refractivity contribution in [2.45, 2.75) is 51.2 Å². The fraction of sp³-hybridized carbons (Fsp3) is 0.481. The molecule has 7 nitrogen and oxygen atoms in total. The molecule has 2 aliphatic rings. The summed E-state index contributed by atoms with van der Waals surface area (Å²) < 4.78 is 27.3. The fourth-order valence-electron chi connectivity index (χ4n) is 4.84. The van der Waals surface area contributed by atoms with E-state index >= 15 is 0 Å². The van der Waals surface area contributed by atoms with Crippen molar-refractivity contribution in [2.75, 3.05) is 31.5 Å². The van der Waals surface area contributed by atoms with E-state index in [1.165, 1.54) is 4.31 Å². The number of para-hydroxylation sites is 1. The molecular formula is C27H35N3O4S. The van der Waals surface area contributed by atoms with Gasteiger partial charge in [0.15, 0.2) is 0 Å². The number of hydrogen-bond acceptors (Lipinski definition) is 4. The molecule has 2 amide bonds. The Morgan fingerprint density at radius 1 is 0.886 bits per heavy atom. The second-order valence-corrected chi connectivity index (χ2v) is 11.6. The summed E-state index contributed by atoms with van der Waals surface area (Å²) in [6.45, 7) is 4.10. The van der Waals surface area contributed by atoms with Crippen LogP contribution in [0.25, 0.3) is 0 Å². The van der Waals surface area contributed by atoms with Gasteiger partial charge in [-0.1, -0.05) is 54.8 Å². The fourth-order valence-corrected chi connectivity index (χ4v) is 6.40. The van der Waals surface area contributed by atoms with Gasteiger partial charge in [0.1, 0.15) is 0 Å². The number of carbonyl (C=O) groups is 2. The van der Waals surface area contributed by atoms with Gasteiger partial charge in [-0.15, -0.1) is 0 Å². The third-order valence-electron chi connectivity index (χ3n) is 7.00. The van der Waals surface area contributed by atoms with Gasteiger partial charge >= 0.3 is 0 Å². The zero-order valence-electron chi connectivity index (χ0n) is 20.4. The Morgan fingerprint density at radius 2 is 1.51 bits per heavy atom. The van der Waals surface area contributed by atoms with E-state index in [1.807, 2.05) is 48.2 Å². The largest absolute Gasteiger partial charge is 0.339 e. The number of piperidine rings is 1. The van der Waals surface area contributed by atoms with Gasteiger partial charge < -0.3 is 10.2 Å². The Morgan fingerprint density at radius 3 is 2.17 bits per heavy atom. The molecule has 2 aliphatic heterocycles. The predicted octanol–water partition coefficient (Wildman–Crippen LogP) is 4.19. The molecule has 1 N–H and O–H groups in total. The minimum absolute atomic E-state index is 0.0316. The number of amides is 2. The van der Waals surface area contributed by atoms with Gasteiger partial charge in [-0.2, -0.15) is 0 Å². The van der Waals surface area contributed by atoms with Crippen molar-refractivity contribution in [3.8, 4) is 0 Å². The molecule has 0 saturated carbocycles. The minimum atomic E-state index is -3.44. The maximum atomic E-state index is 13.2. The summed E-state index contributed by atoms with van der Waals surface area (Å²) in [6, 6.07) is 14.7. The molecule has 0 aromatic heterocycles. The van der Waals surface area contributed by atoms with Gasteiger partial charge in [0.2, 0.25) is 15.9 Å². The molecule has 0 radical (unpaired) electrons. The van der Waals surface area contributed by atoms with Crippen LogP contribution in [-0.2, 0) is 20.6 Å². The Balaban J connectivity index is 1.35. The maximum absolute atomic E-state index is 13.2. The third-order valence-corrected chi connectivity index (χ3v) is 8.85. The van der Waals surface area contributed by atoms with E-state index in [-0.39, 0.29) is 23.5 Å². The van der Waals surface area contributed by atoms with Crippen molar-refractivity contribution < 1.29 is 18.0 Å². The van der Waals surface area contributed by atoms with Crippen LogP contribution in [0.15, 0.2) is 48.5 Å². The second kappa shape index (κ2) is 11.4. The summed E-state index contributed by atoms with van der Waals surface area (Å²) in [5.74, 6) is -0.519. The van der Waals surface area contributed by atoms with E-state index in [4.69, 9.17) is 0 Å². The number of nitrogens with zero attached hydrogens (tertiary/aromatic N) is 2. The van der Waals surface area contributed by atoms with Gasteiger partial charge in [0, 0.05) is 32.1 Å². The van der Waals surface area contributed by atoms with Crippen LogP contribution in [0.2, 0.25) is 0 Å². The van der Waals surface area contributed by atoms with Crippen LogP contribution in [0.5, 0.6) is 0 Å². The zero-order chi connectivity index (χ0) is 24.8. The molecule has 0 spiro atoms. The zero-order valence-corrected chi connectivity index (χ0v) is 21.2. The summed E-state index contributed by atoms with van der Waals surface area (Å²) >= 11 is 0. The molecule has 0 unspecified atom stereocenters. The van der Waals surface area contributed by atoms with Crippen molar-refractivity contribution in [1.82, 2.24) is 9.21 Å². The normalized spacial score (nSPS) is 18.1. The van der Waals surface area contributed by atoms with E-state index < -0.39 is 10.0 Å². The number of aryl methyl sites for hydroxylation is 1. The molecule has 4 rings (SSSR count). The van der Waals surface area contributed by atoms with Gasteiger partial charge in [0.05, 0.1) is 17.0 Å². The lowest BCUT2D eigenvalue weighted by atomic mass is 9.97. The number of rotatable bonds is 6. The van der Waals surface area contributed by atoms with E-state index in [1.54, 1.807) is 12.1 Å². The topological polar surface area (TPSA) is 86.8 Å². The third kappa shape index (κ3) is 6.49. The van der Waals surface area contributed by atoms with Crippen LogP contribution >= 0.6 is 0 Å². The maximum Gasteiger partial charge on any atom is 0.255 e. The van der Waals surface area contributed by atoms with Crippen LogP contribution < -0.4 is 5.32 Å². The molecule has 2 heterocycles.